The van der Waals surface area contributed by atoms with E-state index in [2.05, 4.69) is 15.5 Å². The third kappa shape index (κ3) is 4.85. The molecule has 1 amide bonds. The number of nitrogens with zero attached hydrogens (tertiary/aromatic N) is 2. The largest absolute Gasteiger partial charge is 0.303 e. The smallest absolute Gasteiger partial charge is 0.239 e. The molecule has 0 spiro atoms. The van der Waals surface area contributed by atoms with Crippen molar-refractivity contribution in [2.24, 2.45) is 10.2 Å². The molecule has 1 fully saturated rings. The Hall–Kier alpha value is -0.980. The topological polar surface area (TPSA) is 53.8 Å². The number of hydrogen-bond donors (Lipinski definition) is 1. The van der Waals surface area contributed by atoms with Crippen molar-refractivity contribution in [1.82, 2.24) is 5.32 Å². The van der Waals surface area contributed by atoms with E-state index in [1.54, 1.807) is 18.0 Å². The van der Waals surface area contributed by atoms with Crippen LogP contribution in [0.3, 0.4) is 0 Å². The van der Waals surface area contributed by atoms with Crippen molar-refractivity contribution < 1.29 is 4.79 Å². The second kappa shape index (κ2) is 7.71. The van der Waals surface area contributed by atoms with Crippen LogP contribution in [0.4, 0.5) is 0 Å². The highest BCUT2D eigenvalue weighted by molar-refractivity contribution is 8.15. The Bertz CT molecular complexity index is 531. The summed E-state index contributed by atoms with van der Waals surface area (Å²) in [5.41, 5.74) is 0. The number of halogens is 1. The maximum atomic E-state index is 11.2. The maximum absolute atomic E-state index is 11.2. The Morgan fingerprint density at radius 3 is 2.85 bits per heavy atom. The summed E-state index contributed by atoms with van der Waals surface area (Å²) in [4.78, 5) is 12.4. The molecule has 1 aliphatic heterocycles. The molecule has 1 aromatic carbocycles. The highest BCUT2D eigenvalue weighted by Crippen LogP contribution is 2.20. The van der Waals surface area contributed by atoms with Crippen LogP contribution < -0.4 is 5.32 Å². The summed E-state index contributed by atoms with van der Waals surface area (Å²) in [7, 11) is 0. The van der Waals surface area contributed by atoms with Crippen LogP contribution in [0.5, 0.6) is 0 Å². The van der Waals surface area contributed by atoms with Gasteiger partial charge in [-0.15, -0.1) is 16.9 Å². The van der Waals surface area contributed by atoms with Gasteiger partial charge in [0, 0.05) is 21.9 Å². The Morgan fingerprint density at radius 2 is 2.20 bits per heavy atom. The molecule has 7 heteroatoms. The number of amidine groups is 1. The van der Waals surface area contributed by atoms with Gasteiger partial charge in [0.15, 0.2) is 5.17 Å². The molecular formula is C13H14ClN3OS2. The van der Waals surface area contributed by atoms with E-state index in [-0.39, 0.29) is 11.2 Å². The lowest BCUT2D eigenvalue weighted by molar-refractivity contribution is -0.118. The summed E-state index contributed by atoms with van der Waals surface area (Å²) in [6.45, 7) is 1.84. The number of carbonyl (C=O) groups is 1. The fraction of sp³-hybridized carbons (Fsp3) is 0.308. The Balaban J connectivity index is 1.68. The van der Waals surface area contributed by atoms with Crippen molar-refractivity contribution in [3.8, 4) is 0 Å². The van der Waals surface area contributed by atoms with Gasteiger partial charge in [0.05, 0.1) is 5.25 Å². The minimum Gasteiger partial charge on any atom is -0.303 e. The van der Waals surface area contributed by atoms with Gasteiger partial charge in [-0.05, 0) is 37.6 Å². The van der Waals surface area contributed by atoms with Crippen molar-refractivity contribution in [2.75, 3.05) is 5.75 Å². The molecule has 1 unspecified atom stereocenters. The van der Waals surface area contributed by atoms with Crippen LogP contribution in [-0.2, 0) is 4.79 Å². The van der Waals surface area contributed by atoms with Gasteiger partial charge in [0.25, 0.3) is 0 Å². The molecule has 1 saturated heterocycles. The summed E-state index contributed by atoms with van der Waals surface area (Å²) in [5.74, 6) is 0.911. The number of thioether (sulfide) groups is 2. The predicted molar refractivity (Wildman–Crippen MR) is 87.9 cm³/mol. The van der Waals surface area contributed by atoms with E-state index in [0.29, 0.717) is 5.17 Å². The molecule has 0 radical (unpaired) electrons. The molecule has 0 saturated carbocycles. The zero-order valence-electron chi connectivity index (χ0n) is 10.9. The fourth-order valence-corrected chi connectivity index (χ4v) is 3.09. The molecule has 0 aliphatic carbocycles. The first-order valence-electron chi connectivity index (χ1n) is 6.10. The molecule has 1 aromatic rings. The monoisotopic (exact) mass is 327 g/mol. The Labute approximate surface area is 131 Å². The normalized spacial score (nSPS) is 20.8. The van der Waals surface area contributed by atoms with Crippen LogP contribution in [0.15, 0.2) is 39.4 Å². The molecule has 20 heavy (non-hydrogen) atoms. The minimum atomic E-state index is -0.0792. The van der Waals surface area contributed by atoms with Crippen LogP contribution >= 0.6 is 35.1 Å². The maximum Gasteiger partial charge on any atom is 0.239 e. The van der Waals surface area contributed by atoms with Gasteiger partial charge in [0.1, 0.15) is 0 Å². The number of amides is 1. The van der Waals surface area contributed by atoms with E-state index in [1.807, 2.05) is 31.2 Å². The van der Waals surface area contributed by atoms with E-state index in [9.17, 15) is 4.79 Å². The van der Waals surface area contributed by atoms with Gasteiger partial charge in [-0.25, -0.2) is 0 Å². The standard InChI is InChI=1S/C13H14ClN3OS2/c1-9-12(18)16-13(20-9)17-15-7-2-8-19-11-5-3-10(14)4-6-11/h3-7,9H,2,8H2,1H3,(H,16,17,18)/b15-7+. The highest BCUT2D eigenvalue weighted by Gasteiger charge is 2.25. The average Bonchev–Trinajstić information content (AvgIpc) is 2.75. The highest BCUT2D eigenvalue weighted by atomic mass is 35.5. The molecular weight excluding hydrogens is 314 g/mol. The zero-order chi connectivity index (χ0) is 14.4. The molecule has 1 heterocycles. The fourth-order valence-electron chi connectivity index (χ4n) is 1.42. The van der Waals surface area contributed by atoms with E-state index in [0.717, 1.165) is 17.2 Å². The first kappa shape index (κ1) is 15.4. The Morgan fingerprint density at radius 1 is 1.45 bits per heavy atom. The number of hydrogen-bond acceptors (Lipinski definition) is 5. The number of nitrogens with one attached hydrogen (secondary N) is 1. The number of rotatable bonds is 5. The third-order valence-corrected chi connectivity index (χ3v) is 4.72. The van der Waals surface area contributed by atoms with Crippen molar-refractivity contribution in [3.05, 3.63) is 29.3 Å². The lowest BCUT2D eigenvalue weighted by Crippen LogP contribution is -2.23. The summed E-state index contributed by atoms with van der Waals surface area (Å²) < 4.78 is 0. The lowest BCUT2D eigenvalue weighted by Gasteiger charge is -1.98. The summed E-state index contributed by atoms with van der Waals surface area (Å²) in [6.07, 6.45) is 2.57. The first-order valence-corrected chi connectivity index (χ1v) is 8.35. The second-order valence-corrected chi connectivity index (χ2v) is 6.98. The van der Waals surface area contributed by atoms with Gasteiger partial charge in [-0.1, -0.05) is 23.4 Å². The molecule has 106 valence electrons. The second-order valence-electron chi connectivity index (χ2n) is 4.04. The average molecular weight is 328 g/mol. The van der Waals surface area contributed by atoms with Crippen molar-refractivity contribution in [1.29, 1.82) is 0 Å². The lowest BCUT2D eigenvalue weighted by atomic mass is 10.4. The van der Waals surface area contributed by atoms with E-state index in [1.165, 1.54) is 16.7 Å². The van der Waals surface area contributed by atoms with Crippen LogP contribution in [0.2, 0.25) is 5.02 Å². The SMILES string of the molecule is CC1S/C(=N/N=C/CCSc2ccc(Cl)cc2)NC1=O. The number of benzene rings is 1. The van der Waals surface area contributed by atoms with Crippen molar-refractivity contribution in [3.63, 3.8) is 0 Å². The predicted octanol–water partition coefficient (Wildman–Crippen LogP) is 3.42. The minimum absolute atomic E-state index is 0.0118. The van der Waals surface area contributed by atoms with Crippen LogP contribution in [-0.4, -0.2) is 28.3 Å². The van der Waals surface area contributed by atoms with Crippen LogP contribution in [0, 0.1) is 0 Å². The molecule has 0 bridgehead atoms. The van der Waals surface area contributed by atoms with Gasteiger partial charge >= 0.3 is 0 Å². The van der Waals surface area contributed by atoms with Crippen LogP contribution in [0.25, 0.3) is 0 Å². The van der Waals surface area contributed by atoms with E-state index in [4.69, 9.17) is 11.6 Å². The van der Waals surface area contributed by atoms with Gasteiger partial charge in [0.2, 0.25) is 5.91 Å². The molecule has 2 rings (SSSR count). The van der Waals surface area contributed by atoms with E-state index < -0.39 is 0 Å². The van der Waals surface area contributed by atoms with Gasteiger partial charge in [-0.3, -0.25) is 4.79 Å². The number of carbonyl (C=O) groups excluding carboxylic acids is 1. The third-order valence-electron chi connectivity index (χ3n) is 2.45. The quantitative estimate of drug-likeness (QED) is 0.390. The van der Waals surface area contributed by atoms with Crippen molar-refractivity contribution in [2.45, 2.75) is 23.5 Å². The van der Waals surface area contributed by atoms with Gasteiger partial charge in [-0.2, -0.15) is 5.10 Å². The zero-order valence-corrected chi connectivity index (χ0v) is 13.3. The molecule has 4 nitrogen and oxygen atoms in total. The van der Waals surface area contributed by atoms with E-state index >= 15 is 0 Å². The first-order chi connectivity index (χ1) is 9.65. The molecule has 0 aromatic heterocycles. The van der Waals surface area contributed by atoms with Crippen LogP contribution in [0.1, 0.15) is 13.3 Å². The molecule has 1 atom stereocenters. The summed E-state index contributed by atoms with van der Waals surface area (Å²) in [6, 6.07) is 7.75. The summed E-state index contributed by atoms with van der Waals surface area (Å²) >= 11 is 8.95. The molecule has 1 N–H and O–H groups in total. The van der Waals surface area contributed by atoms with Gasteiger partial charge < -0.3 is 5.32 Å². The Kier molecular flexibility index (Phi) is 5.94. The molecule has 1 aliphatic rings. The van der Waals surface area contributed by atoms with Crippen molar-refractivity contribution >= 4 is 52.4 Å². The summed E-state index contributed by atoms with van der Waals surface area (Å²) in [5, 5.41) is 11.8.